The monoisotopic (exact) mass is 334 g/mol. The van der Waals surface area contributed by atoms with E-state index >= 15 is 0 Å². The third-order valence-electron chi connectivity index (χ3n) is 4.60. The van der Waals surface area contributed by atoms with Gasteiger partial charge in [0, 0.05) is 30.5 Å². The zero-order valence-electron chi connectivity index (χ0n) is 14.6. The number of benzene rings is 2. The van der Waals surface area contributed by atoms with Crippen molar-refractivity contribution in [1.82, 2.24) is 10.3 Å². The number of methoxy groups -OCH3 is 1. The average molecular weight is 334 g/mol. The Hall–Kier alpha value is -2.59. The highest BCUT2D eigenvalue weighted by atomic mass is 16.5. The van der Waals surface area contributed by atoms with Gasteiger partial charge in [-0.1, -0.05) is 29.8 Å². The standard InChI is InChI=1S/C21H22N2O2/c1-14-7-8-19-16(9-14)10-17(21(23-19)24-2)12-22-13-18-11-15-5-3-4-6-20(15)25-18/h3-10,18,22H,11-13H2,1-2H3. The van der Waals surface area contributed by atoms with E-state index in [1.165, 1.54) is 11.1 Å². The molecule has 2 aromatic carbocycles. The first-order chi connectivity index (χ1) is 12.2. The molecule has 0 aliphatic carbocycles. The molecule has 3 aromatic rings. The fraction of sp³-hybridized carbons (Fsp3) is 0.286. The summed E-state index contributed by atoms with van der Waals surface area (Å²) in [6, 6.07) is 16.7. The van der Waals surface area contributed by atoms with Crippen LogP contribution in [-0.2, 0) is 13.0 Å². The van der Waals surface area contributed by atoms with Crippen LogP contribution in [0.15, 0.2) is 48.5 Å². The number of aryl methyl sites for hydroxylation is 1. The number of nitrogens with one attached hydrogen (secondary N) is 1. The van der Waals surface area contributed by atoms with E-state index in [0.29, 0.717) is 12.4 Å². The highest BCUT2D eigenvalue weighted by molar-refractivity contribution is 5.80. The maximum Gasteiger partial charge on any atom is 0.218 e. The van der Waals surface area contributed by atoms with Crippen molar-refractivity contribution < 1.29 is 9.47 Å². The van der Waals surface area contributed by atoms with Gasteiger partial charge in [0.1, 0.15) is 11.9 Å². The summed E-state index contributed by atoms with van der Waals surface area (Å²) in [5.74, 6) is 1.69. The first-order valence-electron chi connectivity index (χ1n) is 8.62. The molecule has 1 aliphatic rings. The molecule has 0 fully saturated rings. The van der Waals surface area contributed by atoms with Crippen LogP contribution in [0.25, 0.3) is 10.9 Å². The van der Waals surface area contributed by atoms with Crippen molar-refractivity contribution in [3.8, 4) is 11.6 Å². The summed E-state index contributed by atoms with van der Waals surface area (Å²) in [7, 11) is 1.67. The van der Waals surface area contributed by atoms with Gasteiger partial charge in [-0.25, -0.2) is 4.98 Å². The minimum Gasteiger partial charge on any atom is -0.488 e. The molecule has 1 aromatic heterocycles. The van der Waals surface area contributed by atoms with Crippen LogP contribution in [0.3, 0.4) is 0 Å². The first kappa shape index (κ1) is 15.9. The lowest BCUT2D eigenvalue weighted by Gasteiger charge is -2.14. The third-order valence-corrected chi connectivity index (χ3v) is 4.60. The number of aromatic nitrogens is 1. The second kappa shape index (κ2) is 6.73. The maximum atomic E-state index is 5.98. The van der Waals surface area contributed by atoms with E-state index in [1.807, 2.05) is 18.2 Å². The summed E-state index contributed by atoms with van der Waals surface area (Å²) in [6.45, 7) is 3.59. The van der Waals surface area contributed by atoms with Crippen LogP contribution >= 0.6 is 0 Å². The molecule has 0 saturated carbocycles. The minimum absolute atomic E-state index is 0.180. The topological polar surface area (TPSA) is 43.4 Å². The SMILES string of the molecule is COc1nc2ccc(C)cc2cc1CNCC1Cc2ccccc2O1. The molecular formula is C21H22N2O2. The summed E-state index contributed by atoms with van der Waals surface area (Å²) in [5.41, 5.74) is 4.54. The number of ether oxygens (including phenoxy) is 2. The Morgan fingerprint density at radius 3 is 2.92 bits per heavy atom. The Morgan fingerprint density at radius 1 is 1.20 bits per heavy atom. The first-order valence-corrected chi connectivity index (χ1v) is 8.62. The van der Waals surface area contributed by atoms with Crippen molar-refractivity contribution >= 4 is 10.9 Å². The van der Waals surface area contributed by atoms with E-state index in [-0.39, 0.29) is 6.10 Å². The number of hydrogen-bond acceptors (Lipinski definition) is 4. The van der Waals surface area contributed by atoms with Crippen molar-refractivity contribution in [2.24, 2.45) is 0 Å². The largest absolute Gasteiger partial charge is 0.488 e. The Morgan fingerprint density at radius 2 is 2.08 bits per heavy atom. The van der Waals surface area contributed by atoms with Gasteiger partial charge in [-0.15, -0.1) is 0 Å². The van der Waals surface area contributed by atoms with Crippen LogP contribution in [0, 0.1) is 6.92 Å². The van der Waals surface area contributed by atoms with Crippen LogP contribution < -0.4 is 14.8 Å². The van der Waals surface area contributed by atoms with E-state index in [1.54, 1.807) is 7.11 Å². The van der Waals surface area contributed by atoms with E-state index in [0.717, 1.165) is 35.2 Å². The Balaban J connectivity index is 1.44. The molecule has 0 radical (unpaired) electrons. The van der Waals surface area contributed by atoms with E-state index < -0.39 is 0 Å². The third kappa shape index (κ3) is 3.30. The van der Waals surface area contributed by atoms with Gasteiger partial charge < -0.3 is 14.8 Å². The molecule has 1 atom stereocenters. The summed E-state index contributed by atoms with van der Waals surface area (Å²) in [6.07, 6.45) is 1.13. The van der Waals surface area contributed by atoms with Crippen LogP contribution in [-0.4, -0.2) is 24.7 Å². The van der Waals surface area contributed by atoms with Gasteiger partial charge in [0.25, 0.3) is 0 Å². The smallest absolute Gasteiger partial charge is 0.218 e. The lowest BCUT2D eigenvalue weighted by Crippen LogP contribution is -2.29. The number of hydrogen-bond donors (Lipinski definition) is 1. The zero-order valence-corrected chi connectivity index (χ0v) is 14.6. The number of rotatable bonds is 5. The van der Waals surface area contributed by atoms with E-state index in [4.69, 9.17) is 9.47 Å². The van der Waals surface area contributed by atoms with Gasteiger partial charge in [-0.3, -0.25) is 0 Å². The van der Waals surface area contributed by atoms with Crippen molar-refractivity contribution in [1.29, 1.82) is 0 Å². The van der Waals surface area contributed by atoms with Crippen LogP contribution in [0.2, 0.25) is 0 Å². The Labute approximate surface area is 147 Å². The van der Waals surface area contributed by atoms with Crippen molar-refractivity contribution in [3.05, 3.63) is 65.2 Å². The lowest BCUT2D eigenvalue weighted by atomic mass is 10.1. The fourth-order valence-corrected chi connectivity index (χ4v) is 3.36. The van der Waals surface area contributed by atoms with Crippen LogP contribution in [0.4, 0.5) is 0 Å². The normalized spacial score (nSPS) is 15.8. The number of pyridine rings is 1. The van der Waals surface area contributed by atoms with Crippen LogP contribution in [0.1, 0.15) is 16.7 Å². The van der Waals surface area contributed by atoms with Gasteiger partial charge in [0.05, 0.1) is 12.6 Å². The second-order valence-electron chi connectivity index (χ2n) is 6.54. The lowest BCUT2D eigenvalue weighted by molar-refractivity contribution is 0.227. The molecular weight excluding hydrogens is 312 g/mol. The van der Waals surface area contributed by atoms with Crippen molar-refractivity contribution in [3.63, 3.8) is 0 Å². The number of nitrogens with zero attached hydrogens (tertiary/aromatic N) is 1. The molecule has 4 heteroatoms. The fourth-order valence-electron chi connectivity index (χ4n) is 3.36. The predicted octanol–water partition coefficient (Wildman–Crippen LogP) is 3.65. The molecule has 1 aliphatic heterocycles. The number of fused-ring (bicyclic) bond motifs is 2. The van der Waals surface area contributed by atoms with E-state index in [9.17, 15) is 0 Å². The highest BCUT2D eigenvalue weighted by Crippen LogP contribution is 2.28. The predicted molar refractivity (Wildman–Crippen MR) is 99.3 cm³/mol. The van der Waals surface area contributed by atoms with Gasteiger partial charge in [0.15, 0.2) is 0 Å². The molecule has 0 amide bonds. The number of para-hydroxylation sites is 1. The Kier molecular flexibility index (Phi) is 4.28. The van der Waals surface area contributed by atoms with Gasteiger partial charge in [-0.05, 0) is 36.8 Å². The quantitative estimate of drug-likeness (QED) is 0.773. The van der Waals surface area contributed by atoms with E-state index in [2.05, 4.69) is 47.6 Å². The molecule has 128 valence electrons. The highest BCUT2D eigenvalue weighted by Gasteiger charge is 2.21. The minimum atomic E-state index is 0.180. The van der Waals surface area contributed by atoms with Gasteiger partial charge >= 0.3 is 0 Å². The average Bonchev–Trinajstić information content (AvgIpc) is 3.03. The summed E-state index contributed by atoms with van der Waals surface area (Å²) < 4.78 is 11.5. The Bertz CT molecular complexity index is 883. The molecule has 1 N–H and O–H groups in total. The molecule has 25 heavy (non-hydrogen) atoms. The maximum absolute atomic E-state index is 5.98. The molecule has 4 nitrogen and oxygen atoms in total. The summed E-state index contributed by atoms with van der Waals surface area (Å²) in [4.78, 5) is 4.62. The van der Waals surface area contributed by atoms with Crippen LogP contribution in [0.5, 0.6) is 11.6 Å². The van der Waals surface area contributed by atoms with Crippen molar-refractivity contribution in [2.75, 3.05) is 13.7 Å². The zero-order chi connectivity index (χ0) is 17.2. The molecule has 2 heterocycles. The summed E-state index contributed by atoms with van der Waals surface area (Å²) in [5, 5.41) is 4.63. The molecule has 0 saturated heterocycles. The molecule has 4 rings (SSSR count). The summed E-state index contributed by atoms with van der Waals surface area (Å²) >= 11 is 0. The second-order valence-corrected chi connectivity index (χ2v) is 6.54. The van der Waals surface area contributed by atoms with Gasteiger partial charge in [0.2, 0.25) is 5.88 Å². The molecule has 0 spiro atoms. The van der Waals surface area contributed by atoms with Gasteiger partial charge in [-0.2, -0.15) is 0 Å². The van der Waals surface area contributed by atoms with Crippen molar-refractivity contribution in [2.45, 2.75) is 26.0 Å². The molecule has 0 bridgehead atoms. The molecule has 1 unspecified atom stereocenters.